The van der Waals surface area contributed by atoms with Crippen LogP contribution in [0.15, 0.2) is 48.5 Å². The van der Waals surface area contributed by atoms with Crippen LogP contribution in [0.5, 0.6) is 5.75 Å². The lowest BCUT2D eigenvalue weighted by Crippen LogP contribution is -2.13. The van der Waals surface area contributed by atoms with Crippen LogP contribution in [0.2, 0.25) is 0 Å². The average Bonchev–Trinajstić information content (AvgIpc) is 3.09. The van der Waals surface area contributed by atoms with E-state index in [1.807, 2.05) is 24.3 Å². The van der Waals surface area contributed by atoms with Crippen molar-refractivity contribution < 1.29 is 13.9 Å². The first-order valence-electron chi connectivity index (χ1n) is 7.76. The maximum absolute atomic E-state index is 13.6. The summed E-state index contributed by atoms with van der Waals surface area (Å²) in [6, 6.07) is 13.7. The Balaban J connectivity index is 1.63. The van der Waals surface area contributed by atoms with E-state index in [4.69, 9.17) is 4.74 Å². The van der Waals surface area contributed by atoms with Gasteiger partial charge in [-0.15, -0.1) is 5.10 Å². The SMILES string of the molecule is COc1ccccc1-c1nc(NC(=O)CCc2ccccc2F)n[nH]1. The molecule has 2 aromatic carbocycles. The summed E-state index contributed by atoms with van der Waals surface area (Å²) in [4.78, 5) is 16.3. The van der Waals surface area contributed by atoms with Gasteiger partial charge in [0, 0.05) is 6.42 Å². The van der Waals surface area contributed by atoms with Crippen LogP contribution in [0.4, 0.5) is 10.3 Å². The third-order valence-electron chi connectivity index (χ3n) is 3.68. The zero-order valence-corrected chi connectivity index (χ0v) is 13.6. The molecule has 7 heteroatoms. The number of hydrogen-bond donors (Lipinski definition) is 2. The zero-order valence-electron chi connectivity index (χ0n) is 13.6. The summed E-state index contributed by atoms with van der Waals surface area (Å²) >= 11 is 0. The fourth-order valence-electron chi connectivity index (χ4n) is 2.41. The number of ether oxygens (including phenoxy) is 1. The van der Waals surface area contributed by atoms with Gasteiger partial charge in [0.2, 0.25) is 11.9 Å². The van der Waals surface area contributed by atoms with Crippen LogP contribution in [0.25, 0.3) is 11.4 Å². The number of anilines is 1. The van der Waals surface area contributed by atoms with Crippen LogP contribution in [0.1, 0.15) is 12.0 Å². The summed E-state index contributed by atoms with van der Waals surface area (Å²) in [5, 5.41) is 9.36. The molecule has 0 bridgehead atoms. The number of halogens is 1. The van der Waals surface area contributed by atoms with Crippen molar-refractivity contribution in [3.05, 3.63) is 59.9 Å². The van der Waals surface area contributed by atoms with Crippen molar-refractivity contribution in [1.82, 2.24) is 15.2 Å². The number of aryl methyl sites for hydroxylation is 1. The highest BCUT2D eigenvalue weighted by Gasteiger charge is 2.12. The molecule has 6 nitrogen and oxygen atoms in total. The number of aromatic nitrogens is 3. The van der Waals surface area contributed by atoms with E-state index < -0.39 is 0 Å². The molecule has 1 heterocycles. The Hall–Kier alpha value is -3.22. The number of benzene rings is 2. The minimum atomic E-state index is -0.313. The van der Waals surface area contributed by atoms with E-state index in [0.29, 0.717) is 23.6 Å². The van der Waals surface area contributed by atoms with Gasteiger partial charge < -0.3 is 4.74 Å². The van der Waals surface area contributed by atoms with Crippen LogP contribution in [0.3, 0.4) is 0 Å². The summed E-state index contributed by atoms with van der Waals surface area (Å²) < 4.78 is 18.8. The number of rotatable bonds is 6. The fraction of sp³-hybridized carbons (Fsp3) is 0.167. The number of nitrogens with zero attached hydrogens (tertiary/aromatic N) is 2. The van der Waals surface area contributed by atoms with Gasteiger partial charge in [-0.25, -0.2) is 4.39 Å². The van der Waals surface area contributed by atoms with E-state index in [-0.39, 0.29) is 24.1 Å². The molecule has 1 aromatic heterocycles. The normalized spacial score (nSPS) is 10.5. The zero-order chi connectivity index (χ0) is 17.6. The van der Waals surface area contributed by atoms with Crippen LogP contribution >= 0.6 is 0 Å². The van der Waals surface area contributed by atoms with Crippen LogP contribution < -0.4 is 10.1 Å². The quantitative estimate of drug-likeness (QED) is 0.722. The molecule has 0 fully saturated rings. The predicted molar refractivity (Wildman–Crippen MR) is 91.7 cm³/mol. The Kier molecular flexibility index (Phi) is 5.03. The third kappa shape index (κ3) is 4.00. The molecule has 25 heavy (non-hydrogen) atoms. The summed E-state index contributed by atoms with van der Waals surface area (Å²) in [5.41, 5.74) is 1.24. The molecule has 0 aliphatic rings. The molecular weight excluding hydrogens is 323 g/mol. The second-order valence-corrected chi connectivity index (χ2v) is 5.35. The Morgan fingerprint density at radius 2 is 1.96 bits per heavy atom. The molecule has 1 amide bonds. The van der Waals surface area contributed by atoms with E-state index in [1.54, 1.807) is 25.3 Å². The molecule has 3 aromatic rings. The van der Waals surface area contributed by atoms with Gasteiger partial charge in [-0.2, -0.15) is 4.98 Å². The molecule has 0 aliphatic heterocycles. The molecule has 128 valence electrons. The van der Waals surface area contributed by atoms with E-state index >= 15 is 0 Å². The predicted octanol–water partition coefficient (Wildman–Crippen LogP) is 3.19. The molecule has 0 saturated carbocycles. The minimum absolute atomic E-state index is 0.138. The van der Waals surface area contributed by atoms with Gasteiger partial charge in [-0.3, -0.25) is 15.2 Å². The molecular formula is C18H17FN4O2. The van der Waals surface area contributed by atoms with Gasteiger partial charge in [-0.1, -0.05) is 30.3 Å². The summed E-state index contributed by atoms with van der Waals surface area (Å²) in [6.07, 6.45) is 0.446. The number of methoxy groups -OCH3 is 1. The second kappa shape index (κ2) is 7.57. The number of carbonyl (C=O) groups excluding carboxylic acids is 1. The molecule has 0 unspecified atom stereocenters. The monoisotopic (exact) mass is 340 g/mol. The highest BCUT2D eigenvalue weighted by molar-refractivity contribution is 5.89. The standard InChI is InChI=1S/C18H17FN4O2/c1-25-15-9-5-3-7-13(15)17-21-18(23-22-17)20-16(24)11-10-12-6-2-4-8-14(12)19/h2-9H,10-11H2,1H3,(H2,20,21,22,23,24). The van der Waals surface area contributed by atoms with Gasteiger partial charge in [0.15, 0.2) is 5.82 Å². The lowest BCUT2D eigenvalue weighted by Gasteiger charge is -2.04. The second-order valence-electron chi connectivity index (χ2n) is 5.35. The Bertz CT molecular complexity index is 879. The van der Waals surface area contributed by atoms with Crippen molar-refractivity contribution in [2.75, 3.05) is 12.4 Å². The first kappa shape index (κ1) is 16.6. The third-order valence-corrected chi connectivity index (χ3v) is 3.68. The lowest BCUT2D eigenvalue weighted by molar-refractivity contribution is -0.116. The van der Waals surface area contributed by atoms with Crippen LogP contribution in [0, 0.1) is 5.82 Å². The largest absolute Gasteiger partial charge is 0.496 e. The minimum Gasteiger partial charge on any atom is -0.496 e. The Labute approximate surface area is 144 Å². The topological polar surface area (TPSA) is 79.9 Å². The Morgan fingerprint density at radius 1 is 1.20 bits per heavy atom. The van der Waals surface area contributed by atoms with Crippen molar-refractivity contribution in [3.63, 3.8) is 0 Å². The lowest BCUT2D eigenvalue weighted by atomic mass is 10.1. The van der Waals surface area contributed by atoms with Crippen molar-refractivity contribution in [2.45, 2.75) is 12.8 Å². The van der Waals surface area contributed by atoms with Gasteiger partial charge in [-0.05, 0) is 30.2 Å². The molecule has 2 N–H and O–H groups in total. The number of aromatic amines is 1. The van der Waals surface area contributed by atoms with Crippen molar-refractivity contribution in [1.29, 1.82) is 0 Å². The molecule has 0 atom stereocenters. The number of H-pyrrole nitrogens is 1. The van der Waals surface area contributed by atoms with Gasteiger partial charge in [0.1, 0.15) is 11.6 Å². The van der Waals surface area contributed by atoms with Gasteiger partial charge in [0.05, 0.1) is 12.7 Å². The summed E-state index contributed by atoms with van der Waals surface area (Å²) in [5.74, 6) is 0.706. The van der Waals surface area contributed by atoms with Crippen LogP contribution in [-0.2, 0) is 11.2 Å². The van der Waals surface area contributed by atoms with E-state index in [9.17, 15) is 9.18 Å². The van der Waals surface area contributed by atoms with Gasteiger partial charge in [0.25, 0.3) is 0 Å². The maximum Gasteiger partial charge on any atom is 0.249 e. The first-order chi connectivity index (χ1) is 12.2. The van der Waals surface area contributed by atoms with Crippen molar-refractivity contribution in [3.8, 4) is 17.1 Å². The summed E-state index contributed by atoms with van der Waals surface area (Å²) in [6.45, 7) is 0. The first-order valence-corrected chi connectivity index (χ1v) is 7.76. The maximum atomic E-state index is 13.6. The molecule has 0 spiro atoms. The highest BCUT2D eigenvalue weighted by atomic mass is 19.1. The van der Waals surface area contributed by atoms with E-state index in [2.05, 4.69) is 20.5 Å². The van der Waals surface area contributed by atoms with Gasteiger partial charge >= 0.3 is 0 Å². The van der Waals surface area contributed by atoms with Crippen LogP contribution in [-0.4, -0.2) is 28.2 Å². The number of nitrogens with one attached hydrogen (secondary N) is 2. The molecule has 0 aliphatic carbocycles. The van der Waals surface area contributed by atoms with Crippen molar-refractivity contribution >= 4 is 11.9 Å². The number of amides is 1. The molecule has 0 saturated heterocycles. The Morgan fingerprint density at radius 3 is 2.76 bits per heavy atom. The number of carbonyl (C=O) groups is 1. The van der Waals surface area contributed by atoms with E-state index in [1.165, 1.54) is 6.07 Å². The average molecular weight is 340 g/mol. The smallest absolute Gasteiger partial charge is 0.249 e. The number of hydrogen-bond acceptors (Lipinski definition) is 4. The van der Waals surface area contributed by atoms with E-state index in [0.717, 1.165) is 5.56 Å². The molecule has 0 radical (unpaired) electrons. The number of para-hydroxylation sites is 1. The summed E-state index contributed by atoms with van der Waals surface area (Å²) in [7, 11) is 1.57. The fourth-order valence-corrected chi connectivity index (χ4v) is 2.41. The van der Waals surface area contributed by atoms with Crippen molar-refractivity contribution in [2.24, 2.45) is 0 Å². The highest BCUT2D eigenvalue weighted by Crippen LogP contribution is 2.27. The molecule has 3 rings (SSSR count).